The van der Waals surface area contributed by atoms with Gasteiger partial charge >= 0.3 is 0 Å². The van der Waals surface area contributed by atoms with Gasteiger partial charge in [0, 0.05) is 19.6 Å². The fraction of sp³-hybridized carbons (Fsp3) is 0.316. The summed E-state index contributed by atoms with van der Waals surface area (Å²) in [6, 6.07) is 15.0. The van der Waals surface area contributed by atoms with Gasteiger partial charge in [-0.25, -0.2) is 13.1 Å². The molecule has 0 spiro atoms. The summed E-state index contributed by atoms with van der Waals surface area (Å²) in [5.74, 6) is 0.170. The highest BCUT2D eigenvalue weighted by atomic mass is 32.2. The van der Waals surface area contributed by atoms with Gasteiger partial charge in [0.05, 0.1) is 11.3 Å². The molecule has 28 heavy (non-hydrogen) atoms. The molecule has 1 atom stereocenters. The molecular formula is C19H25N3O5S. The number of nitrogens with two attached hydrogens (primary N) is 1. The third-order valence-electron chi connectivity index (χ3n) is 3.77. The fourth-order valence-corrected chi connectivity index (χ4v) is 3.43. The summed E-state index contributed by atoms with van der Waals surface area (Å²) in [5.41, 5.74) is 5.93. The number of hydrogen-bond acceptors (Lipinski definition) is 6. The van der Waals surface area contributed by atoms with E-state index in [1.165, 1.54) is 12.1 Å². The first-order valence-electron chi connectivity index (χ1n) is 8.80. The zero-order valence-corrected chi connectivity index (χ0v) is 16.2. The molecule has 8 nitrogen and oxygen atoms in total. The number of carbonyl (C=O) groups is 1. The van der Waals surface area contributed by atoms with Crippen LogP contribution in [-0.2, 0) is 21.2 Å². The zero-order chi connectivity index (χ0) is 20.4. The van der Waals surface area contributed by atoms with E-state index >= 15 is 0 Å². The van der Waals surface area contributed by atoms with Gasteiger partial charge in [0.25, 0.3) is 0 Å². The highest BCUT2D eigenvalue weighted by molar-refractivity contribution is 7.89. The molecule has 0 fully saturated rings. The number of aliphatic hydroxyl groups excluding tert-OH is 1. The van der Waals surface area contributed by atoms with E-state index in [-0.39, 0.29) is 31.0 Å². The topological polar surface area (TPSA) is 131 Å². The third kappa shape index (κ3) is 7.65. The summed E-state index contributed by atoms with van der Waals surface area (Å²) < 4.78 is 32.0. The Kier molecular flexibility index (Phi) is 8.40. The Bertz CT molecular complexity index is 842. The monoisotopic (exact) mass is 407 g/mol. The molecule has 0 heterocycles. The van der Waals surface area contributed by atoms with Gasteiger partial charge in [0.15, 0.2) is 0 Å². The molecule has 0 saturated heterocycles. The maximum absolute atomic E-state index is 12.0. The average molecular weight is 407 g/mol. The minimum absolute atomic E-state index is 0.0813. The van der Waals surface area contributed by atoms with Crippen molar-refractivity contribution >= 4 is 15.9 Å². The number of ether oxygens (including phenoxy) is 1. The molecule has 1 unspecified atom stereocenters. The zero-order valence-electron chi connectivity index (χ0n) is 15.4. The van der Waals surface area contributed by atoms with E-state index in [4.69, 9.17) is 10.5 Å². The number of sulfonamides is 1. The Morgan fingerprint density at radius 1 is 1.07 bits per heavy atom. The molecule has 2 aromatic rings. The molecule has 152 valence electrons. The highest BCUT2D eigenvalue weighted by Crippen LogP contribution is 2.12. The van der Waals surface area contributed by atoms with E-state index in [0.29, 0.717) is 12.3 Å². The number of benzene rings is 2. The minimum atomic E-state index is -3.52. The Morgan fingerprint density at radius 3 is 2.39 bits per heavy atom. The van der Waals surface area contributed by atoms with E-state index in [2.05, 4.69) is 10.0 Å². The normalized spacial score (nSPS) is 12.5. The molecule has 0 bridgehead atoms. The van der Waals surface area contributed by atoms with E-state index in [1.54, 1.807) is 42.5 Å². The lowest BCUT2D eigenvalue weighted by Crippen LogP contribution is -2.37. The largest absolute Gasteiger partial charge is 0.491 e. The Balaban J connectivity index is 1.62. The summed E-state index contributed by atoms with van der Waals surface area (Å²) in [5, 5.41) is 12.9. The third-order valence-corrected chi connectivity index (χ3v) is 5.25. The van der Waals surface area contributed by atoms with Crippen molar-refractivity contribution in [1.82, 2.24) is 10.0 Å². The maximum atomic E-state index is 12.0. The van der Waals surface area contributed by atoms with Crippen molar-refractivity contribution in [3.05, 3.63) is 60.2 Å². The van der Waals surface area contributed by atoms with Crippen molar-refractivity contribution in [2.24, 2.45) is 5.73 Å². The van der Waals surface area contributed by atoms with Crippen molar-refractivity contribution in [1.29, 1.82) is 0 Å². The minimum Gasteiger partial charge on any atom is -0.491 e. The molecule has 0 aromatic heterocycles. The molecule has 0 radical (unpaired) electrons. The van der Waals surface area contributed by atoms with Gasteiger partial charge in [-0.05, 0) is 29.8 Å². The van der Waals surface area contributed by atoms with Crippen LogP contribution in [0.2, 0.25) is 0 Å². The van der Waals surface area contributed by atoms with Gasteiger partial charge in [-0.2, -0.15) is 0 Å². The summed E-state index contributed by atoms with van der Waals surface area (Å²) >= 11 is 0. The van der Waals surface area contributed by atoms with Crippen LogP contribution in [0.1, 0.15) is 5.56 Å². The van der Waals surface area contributed by atoms with Crippen LogP contribution < -0.4 is 20.5 Å². The molecule has 0 aliphatic carbocycles. The van der Waals surface area contributed by atoms with Crippen molar-refractivity contribution < 1.29 is 23.1 Å². The van der Waals surface area contributed by atoms with Gasteiger partial charge in [-0.15, -0.1) is 0 Å². The van der Waals surface area contributed by atoms with Gasteiger partial charge in [-0.3, -0.25) is 4.79 Å². The van der Waals surface area contributed by atoms with Crippen molar-refractivity contribution in [2.75, 3.05) is 26.2 Å². The number of amides is 1. The summed E-state index contributed by atoms with van der Waals surface area (Å²) in [4.78, 5) is 11.1. The lowest BCUT2D eigenvalue weighted by atomic mass is 10.1. The highest BCUT2D eigenvalue weighted by Gasteiger charge is 2.12. The molecular weight excluding hydrogens is 382 g/mol. The van der Waals surface area contributed by atoms with Crippen LogP contribution in [-0.4, -0.2) is 51.8 Å². The second-order valence-electron chi connectivity index (χ2n) is 6.17. The predicted octanol–water partition coefficient (Wildman–Crippen LogP) is 0.0222. The molecule has 0 saturated carbocycles. The fourth-order valence-electron chi connectivity index (χ4n) is 2.38. The number of nitrogens with one attached hydrogen (secondary N) is 2. The lowest BCUT2D eigenvalue weighted by Gasteiger charge is -2.14. The van der Waals surface area contributed by atoms with Crippen LogP contribution >= 0.6 is 0 Å². The Hall–Kier alpha value is -2.46. The van der Waals surface area contributed by atoms with Crippen LogP contribution in [0.5, 0.6) is 5.75 Å². The molecule has 5 N–H and O–H groups in total. The Labute approximate surface area is 164 Å². The van der Waals surface area contributed by atoms with Crippen molar-refractivity contribution in [2.45, 2.75) is 17.4 Å². The summed E-state index contributed by atoms with van der Waals surface area (Å²) in [7, 11) is -3.52. The van der Waals surface area contributed by atoms with E-state index < -0.39 is 22.0 Å². The molecule has 2 aromatic carbocycles. The first-order chi connectivity index (χ1) is 13.4. The summed E-state index contributed by atoms with van der Waals surface area (Å²) in [6.45, 7) is 0.905. The number of carbonyl (C=O) groups excluding carboxylic acids is 1. The van der Waals surface area contributed by atoms with Gasteiger partial charge in [0.1, 0.15) is 18.5 Å². The lowest BCUT2D eigenvalue weighted by molar-refractivity contribution is -0.117. The predicted molar refractivity (Wildman–Crippen MR) is 105 cm³/mol. The number of rotatable bonds is 12. The van der Waals surface area contributed by atoms with E-state index in [1.807, 2.05) is 0 Å². The number of primary amides is 1. The van der Waals surface area contributed by atoms with Crippen LogP contribution in [0, 0.1) is 0 Å². The van der Waals surface area contributed by atoms with Gasteiger partial charge in [0.2, 0.25) is 15.9 Å². The molecule has 9 heteroatoms. The quantitative estimate of drug-likeness (QED) is 0.367. The second kappa shape index (κ2) is 10.8. The standard InChI is InChI=1S/C19H25N3O5S/c20-19(24)12-15-6-8-17(9-7-15)27-14-16(23)13-21-10-11-22-28(25,26)18-4-2-1-3-5-18/h1-9,16,21-23H,10-14H2,(H2,20,24). The first-order valence-corrected chi connectivity index (χ1v) is 10.3. The van der Waals surface area contributed by atoms with E-state index in [9.17, 15) is 18.3 Å². The SMILES string of the molecule is NC(=O)Cc1ccc(OCC(O)CNCCNS(=O)(=O)c2ccccc2)cc1. The Morgan fingerprint density at radius 2 is 1.75 bits per heavy atom. The first kappa shape index (κ1) is 21.8. The van der Waals surface area contributed by atoms with E-state index in [0.717, 1.165) is 5.56 Å². The van der Waals surface area contributed by atoms with Crippen LogP contribution in [0.15, 0.2) is 59.5 Å². The van der Waals surface area contributed by atoms with Gasteiger partial charge in [-0.1, -0.05) is 30.3 Å². The molecule has 1 amide bonds. The molecule has 0 aliphatic rings. The summed E-state index contributed by atoms with van der Waals surface area (Å²) in [6.07, 6.45) is -0.586. The van der Waals surface area contributed by atoms with Crippen LogP contribution in [0.25, 0.3) is 0 Å². The van der Waals surface area contributed by atoms with Crippen LogP contribution in [0.4, 0.5) is 0 Å². The van der Waals surface area contributed by atoms with Crippen LogP contribution in [0.3, 0.4) is 0 Å². The molecule has 0 aliphatic heterocycles. The second-order valence-corrected chi connectivity index (χ2v) is 7.93. The smallest absolute Gasteiger partial charge is 0.240 e. The maximum Gasteiger partial charge on any atom is 0.240 e. The van der Waals surface area contributed by atoms with Crippen molar-refractivity contribution in [3.8, 4) is 5.75 Å². The average Bonchev–Trinajstić information content (AvgIpc) is 2.67. The number of hydrogen-bond donors (Lipinski definition) is 4. The number of aliphatic hydroxyl groups is 1. The van der Waals surface area contributed by atoms with Crippen molar-refractivity contribution in [3.63, 3.8) is 0 Å². The molecule has 2 rings (SSSR count). The van der Waals surface area contributed by atoms with Gasteiger partial charge < -0.3 is 20.9 Å².